The van der Waals surface area contributed by atoms with Crippen molar-refractivity contribution in [3.05, 3.63) is 48.9 Å². The van der Waals surface area contributed by atoms with E-state index in [0.717, 1.165) is 5.69 Å². The van der Waals surface area contributed by atoms with Crippen LogP contribution in [-0.2, 0) is 0 Å². The van der Waals surface area contributed by atoms with Crippen LogP contribution in [0, 0.1) is 0 Å². The van der Waals surface area contributed by atoms with E-state index in [1.54, 1.807) is 24.7 Å². The molecule has 0 aromatic carbocycles. The molecular weight excluding hydrogens is 242 g/mol. The predicted molar refractivity (Wildman–Crippen MR) is 71.1 cm³/mol. The Morgan fingerprint density at radius 1 is 1.11 bits per heavy atom. The highest BCUT2D eigenvalue weighted by atomic mass is 15.4. The summed E-state index contributed by atoms with van der Waals surface area (Å²) in [6.07, 6.45) is 5.04. The molecule has 19 heavy (non-hydrogen) atoms. The Hall–Kier alpha value is -2.96. The lowest BCUT2D eigenvalue weighted by molar-refractivity contribution is 0.859. The molecule has 0 amide bonds. The molecule has 3 heterocycles. The molecule has 0 fully saturated rings. The quantitative estimate of drug-likeness (QED) is 0.732. The van der Waals surface area contributed by atoms with E-state index in [4.69, 9.17) is 5.73 Å². The first-order chi connectivity index (χ1) is 9.33. The molecule has 0 atom stereocenters. The number of hydrogen-bond acceptors (Lipinski definition) is 6. The van der Waals surface area contributed by atoms with Crippen LogP contribution in [0.15, 0.2) is 48.9 Å². The monoisotopic (exact) mass is 253 g/mol. The van der Waals surface area contributed by atoms with Gasteiger partial charge in [-0.2, -0.15) is 9.67 Å². The fourth-order valence-electron chi connectivity index (χ4n) is 1.59. The number of nitrogens with one attached hydrogen (secondary N) is 1. The molecule has 3 N–H and O–H groups in total. The zero-order chi connectivity index (χ0) is 13.1. The van der Waals surface area contributed by atoms with Crippen LogP contribution in [0.1, 0.15) is 0 Å². The van der Waals surface area contributed by atoms with Crippen molar-refractivity contribution in [1.82, 2.24) is 24.7 Å². The van der Waals surface area contributed by atoms with E-state index in [1.165, 1.54) is 4.68 Å². The van der Waals surface area contributed by atoms with Crippen molar-refractivity contribution in [3.8, 4) is 5.82 Å². The molecule has 3 aromatic rings. The average Bonchev–Trinajstić information content (AvgIpc) is 2.82. The van der Waals surface area contributed by atoms with E-state index >= 15 is 0 Å². The van der Waals surface area contributed by atoms with E-state index in [2.05, 4.69) is 25.4 Å². The summed E-state index contributed by atoms with van der Waals surface area (Å²) in [5.74, 6) is 1.29. The van der Waals surface area contributed by atoms with Crippen LogP contribution in [0.25, 0.3) is 5.82 Å². The molecule has 0 unspecified atom stereocenters. The van der Waals surface area contributed by atoms with Gasteiger partial charge in [0.15, 0.2) is 5.82 Å². The maximum absolute atomic E-state index is 5.82. The summed E-state index contributed by atoms with van der Waals surface area (Å²) in [6.45, 7) is 0. The van der Waals surface area contributed by atoms with Gasteiger partial charge in [0.1, 0.15) is 0 Å². The minimum absolute atomic E-state index is 0.269. The van der Waals surface area contributed by atoms with Crippen LogP contribution < -0.4 is 11.1 Å². The number of nitrogens with two attached hydrogens (primary N) is 1. The maximum Gasteiger partial charge on any atom is 0.248 e. The largest absolute Gasteiger partial charge is 0.368 e. The number of nitrogen functional groups attached to an aromatic ring is 1. The number of aromatic nitrogens is 5. The third kappa shape index (κ3) is 2.34. The van der Waals surface area contributed by atoms with Gasteiger partial charge in [0.25, 0.3) is 0 Å². The standard InChI is InChI=1S/C12H11N7/c13-11-17-12(16-9-4-3-6-14-8-9)18-19(11)10-5-1-2-7-15-10/h1-8H,(H3,13,16,17,18). The van der Waals surface area contributed by atoms with Crippen molar-refractivity contribution in [2.24, 2.45) is 0 Å². The summed E-state index contributed by atoms with van der Waals surface area (Å²) in [4.78, 5) is 12.3. The molecule has 0 spiro atoms. The van der Waals surface area contributed by atoms with Crippen LogP contribution in [-0.4, -0.2) is 24.7 Å². The van der Waals surface area contributed by atoms with Gasteiger partial charge in [-0.25, -0.2) is 4.98 Å². The van der Waals surface area contributed by atoms with Gasteiger partial charge >= 0.3 is 0 Å². The van der Waals surface area contributed by atoms with Gasteiger partial charge in [-0.15, -0.1) is 5.10 Å². The van der Waals surface area contributed by atoms with E-state index in [-0.39, 0.29) is 5.95 Å². The van der Waals surface area contributed by atoms with Crippen LogP contribution in [0.5, 0.6) is 0 Å². The van der Waals surface area contributed by atoms with Crippen LogP contribution >= 0.6 is 0 Å². The highest BCUT2D eigenvalue weighted by Gasteiger charge is 2.09. The lowest BCUT2D eigenvalue weighted by Crippen LogP contribution is -2.04. The van der Waals surface area contributed by atoms with E-state index in [1.807, 2.05) is 24.3 Å². The Balaban J connectivity index is 1.90. The van der Waals surface area contributed by atoms with Gasteiger partial charge in [-0.05, 0) is 24.3 Å². The van der Waals surface area contributed by atoms with E-state index < -0.39 is 0 Å². The molecule has 0 bridgehead atoms. The third-order valence-corrected chi connectivity index (χ3v) is 2.42. The zero-order valence-electron chi connectivity index (χ0n) is 9.93. The smallest absolute Gasteiger partial charge is 0.248 e. The second kappa shape index (κ2) is 4.73. The molecule has 7 heteroatoms. The molecule has 0 radical (unpaired) electrons. The fraction of sp³-hybridized carbons (Fsp3) is 0. The van der Waals surface area contributed by atoms with Crippen LogP contribution in [0.4, 0.5) is 17.6 Å². The van der Waals surface area contributed by atoms with Gasteiger partial charge in [0.2, 0.25) is 11.9 Å². The second-order valence-corrected chi connectivity index (χ2v) is 3.76. The molecule has 0 aliphatic heterocycles. The first kappa shape index (κ1) is 11.1. The second-order valence-electron chi connectivity index (χ2n) is 3.76. The number of anilines is 3. The average molecular weight is 253 g/mol. The molecule has 0 saturated carbocycles. The Kier molecular flexibility index (Phi) is 2.77. The highest BCUT2D eigenvalue weighted by molar-refractivity contribution is 5.52. The number of hydrogen-bond donors (Lipinski definition) is 2. The fourth-order valence-corrected chi connectivity index (χ4v) is 1.59. The molecule has 7 nitrogen and oxygen atoms in total. The SMILES string of the molecule is Nc1nc(Nc2cccnc2)nn1-c1ccccn1. The van der Waals surface area contributed by atoms with Crippen molar-refractivity contribution < 1.29 is 0 Å². The molecule has 0 aliphatic carbocycles. The Morgan fingerprint density at radius 2 is 2.05 bits per heavy atom. The van der Waals surface area contributed by atoms with Crippen molar-refractivity contribution in [3.63, 3.8) is 0 Å². The van der Waals surface area contributed by atoms with Crippen molar-refractivity contribution >= 4 is 17.6 Å². The normalized spacial score (nSPS) is 10.3. The predicted octanol–water partition coefficient (Wildman–Crippen LogP) is 1.38. The summed E-state index contributed by atoms with van der Waals surface area (Å²) in [5.41, 5.74) is 6.61. The molecule has 94 valence electrons. The minimum atomic E-state index is 0.269. The zero-order valence-corrected chi connectivity index (χ0v) is 9.93. The Labute approximate surface area is 109 Å². The maximum atomic E-state index is 5.82. The molecular formula is C12H11N7. The van der Waals surface area contributed by atoms with E-state index in [0.29, 0.717) is 11.8 Å². The van der Waals surface area contributed by atoms with Gasteiger partial charge in [0, 0.05) is 12.4 Å². The highest BCUT2D eigenvalue weighted by Crippen LogP contribution is 2.15. The van der Waals surface area contributed by atoms with Crippen molar-refractivity contribution in [2.75, 3.05) is 11.1 Å². The Bertz CT molecular complexity index is 663. The molecule has 3 rings (SSSR count). The van der Waals surface area contributed by atoms with E-state index in [9.17, 15) is 0 Å². The molecule has 0 aliphatic rings. The van der Waals surface area contributed by atoms with Crippen molar-refractivity contribution in [1.29, 1.82) is 0 Å². The summed E-state index contributed by atoms with van der Waals surface area (Å²) in [6, 6.07) is 9.17. The van der Waals surface area contributed by atoms with Gasteiger partial charge in [-0.3, -0.25) is 4.98 Å². The first-order valence-corrected chi connectivity index (χ1v) is 5.64. The lowest BCUT2D eigenvalue weighted by atomic mass is 10.4. The Morgan fingerprint density at radius 3 is 2.79 bits per heavy atom. The van der Waals surface area contributed by atoms with Crippen LogP contribution in [0.2, 0.25) is 0 Å². The number of pyridine rings is 2. The van der Waals surface area contributed by atoms with Crippen LogP contribution in [0.3, 0.4) is 0 Å². The lowest BCUT2D eigenvalue weighted by Gasteiger charge is -2.00. The number of nitrogens with zero attached hydrogens (tertiary/aromatic N) is 5. The third-order valence-electron chi connectivity index (χ3n) is 2.42. The summed E-state index contributed by atoms with van der Waals surface area (Å²) in [5, 5.41) is 7.28. The molecule has 0 saturated heterocycles. The molecule has 3 aromatic heterocycles. The van der Waals surface area contributed by atoms with Gasteiger partial charge < -0.3 is 11.1 Å². The van der Waals surface area contributed by atoms with Gasteiger partial charge in [-0.1, -0.05) is 6.07 Å². The minimum Gasteiger partial charge on any atom is -0.368 e. The topological polar surface area (TPSA) is 94.5 Å². The summed E-state index contributed by atoms with van der Waals surface area (Å²) in [7, 11) is 0. The van der Waals surface area contributed by atoms with Crippen molar-refractivity contribution in [2.45, 2.75) is 0 Å². The first-order valence-electron chi connectivity index (χ1n) is 5.64. The van der Waals surface area contributed by atoms with Gasteiger partial charge in [0.05, 0.1) is 11.9 Å². The summed E-state index contributed by atoms with van der Waals surface area (Å²) < 4.78 is 1.47. The number of rotatable bonds is 3. The summed E-state index contributed by atoms with van der Waals surface area (Å²) >= 11 is 0.